The van der Waals surface area contributed by atoms with E-state index in [1.165, 1.54) is 6.92 Å². The van der Waals surface area contributed by atoms with Crippen LogP contribution >= 0.6 is 0 Å². The Morgan fingerprint density at radius 1 is 0.447 bits per heavy atom. The van der Waals surface area contributed by atoms with Crippen molar-refractivity contribution in [3.63, 3.8) is 0 Å². The number of ketones is 1. The van der Waals surface area contributed by atoms with Crippen LogP contribution in [0.2, 0.25) is 0 Å². The number of allylic oxidation sites excluding steroid dienone is 2. The summed E-state index contributed by atoms with van der Waals surface area (Å²) in [5, 5.41) is 0. The van der Waals surface area contributed by atoms with Crippen LogP contribution in [0.25, 0.3) is 0 Å². The Balaban J connectivity index is 0. The van der Waals surface area contributed by atoms with E-state index < -0.39 is 211 Å². The predicted octanol–water partition coefficient (Wildman–Crippen LogP) is 15.1. The average molecular weight is 1190 g/mol. The van der Waals surface area contributed by atoms with Crippen LogP contribution in [0.15, 0.2) is 24.0 Å². The highest BCUT2D eigenvalue weighted by Crippen LogP contribution is 2.42. The van der Waals surface area contributed by atoms with Crippen molar-refractivity contribution in [3.05, 3.63) is 24.0 Å². The third kappa shape index (κ3) is 25.8. The van der Waals surface area contributed by atoms with Crippen LogP contribution in [0.5, 0.6) is 0 Å². The zero-order valence-corrected chi connectivity index (χ0v) is 38.5. The Labute approximate surface area is 409 Å². The van der Waals surface area contributed by atoms with Gasteiger partial charge in [0, 0.05) is 37.2 Å². The molecule has 0 aromatic rings. The van der Waals surface area contributed by atoms with Crippen LogP contribution in [0, 0.1) is 5.92 Å². The number of alkyl halides is 30. The normalized spacial score (nSPS) is 15.3. The molecule has 0 spiro atoms. The maximum atomic E-state index is 13.5. The molecule has 2 unspecified atom stereocenters. The maximum Gasteiger partial charge on any atom is 0.455 e. The van der Waals surface area contributed by atoms with E-state index in [2.05, 4.69) is 20.8 Å². The standard InChI is InChI=1S/C35H39F25O7.C4H5F5/c1-3-23(6-4-8-26(36,37)31(46,47)48)66-19(2)21(11-22(61)10-20(13-63-16-28(40,41)33(52,53)54)14-64-17-29(42,43)34(55,56)57)12-25(62)67-24(7-5-9-27(38,39)32(49,50)51)15-65-18-30(44,45)35(58,59)60;1-2-3(5,6)4(7,8)9/h11,20,23-24H,2-10,12-18H2,1H3;2H2,1H3/b21-11-;. The van der Waals surface area contributed by atoms with E-state index >= 15 is 0 Å². The molecule has 0 amide bonds. The molecule has 7 nitrogen and oxygen atoms in total. The highest BCUT2D eigenvalue weighted by molar-refractivity contribution is 5.92. The fourth-order valence-corrected chi connectivity index (χ4v) is 4.98. The fourth-order valence-electron chi connectivity index (χ4n) is 4.98. The number of esters is 1. The molecule has 452 valence electrons. The monoisotopic (exact) mass is 1190 g/mol. The molecule has 37 heteroatoms. The molecule has 76 heavy (non-hydrogen) atoms. The molecular weight excluding hydrogens is 1150 g/mol. The largest absolute Gasteiger partial charge is 0.491 e. The Morgan fingerprint density at radius 3 is 1.08 bits per heavy atom. The van der Waals surface area contributed by atoms with Gasteiger partial charge in [-0.1, -0.05) is 20.4 Å². The minimum Gasteiger partial charge on any atom is -0.491 e. The Kier molecular flexibility index (Phi) is 27.7. The minimum absolute atomic E-state index is 0.203. The van der Waals surface area contributed by atoms with Crippen molar-refractivity contribution in [2.45, 2.75) is 163 Å². The zero-order chi connectivity index (χ0) is 60.6. The van der Waals surface area contributed by atoms with Crippen molar-refractivity contribution in [1.82, 2.24) is 0 Å². The van der Waals surface area contributed by atoms with Crippen LogP contribution in [0.3, 0.4) is 0 Å². The summed E-state index contributed by atoms with van der Waals surface area (Å²) in [4.78, 5) is 26.2. The summed E-state index contributed by atoms with van der Waals surface area (Å²) >= 11 is 0. The molecule has 0 aliphatic heterocycles. The first-order valence-electron chi connectivity index (χ1n) is 20.8. The van der Waals surface area contributed by atoms with E-state index in [9.17, 15) is 141 Å². The Morgan fingerprint density at radius 2 is 0.776 bits per heavy atom. The van der Waals surface area contributed by atoms with Crippen molar-refractivity contribution in [2.75, 3.05) is 39.6 Å². The molecule has 0 N–H and O–H groups in total. The smallest absolute Gasteiger partial charge is 0.455 e. The van der Waals surface area contributed by atoms with Gasteiger partial charge in [-0.25, -0.2) is 0 Å². The first kappa shape index (κ1) is 74.3. The van der Waals surface area contributed by atoms with Crippen molar-refractivity contribution >= 4 is 11.8 Å². The van der Waals surface area contributed by atoms with Crippen molar-refractivity contribution in [3.8, 4) is 0 Å². The first-order valence-corrected chi connectivity index (χ1v) is 20.8. The summed E-state index contributed by atoms with van der Waals surface area (Å²) in [5.41, 5.74) is -0.950. The average Bonchev–Trinajstić information content (AvgIpc) is 3.20. The molecule has 0 saturated heterocycles. The second kappa shape index (κ2) is 28.4. The summed E-state index contributed by atoms with van der Waals surface area (Å²) < 4.78 is 403. The van der Waals surface area contributed by atoms with E-state index in [1.54, 1.807) is 0 Å². The molecular formula is C39H44F30O7. The van der Waals surface area contributed by atoms with Gasteiger partial charge in [-0.15, -0.1) is 0 Å². The van der Waals surface area contributed by atoms with Gasteiger partial charge in [0.15, 0.2) is 5.78 Å². The van der Waals surface area contributed by atoms with Gasteiger partial charge >= 0.3 is 78.6 Å². The number of carbonyl (C=O) groups excluding carboxylic acids is 2. The van der Waals surface area contributed by atoms with Gasteiger partial charge in [-0.2, -0.15) is 132 Å². The van der Waals surface area contributed by atoms with Crippen LogP contribution < -0.4 is 0 Å². The molecule has 0 aromatic heterocycles. The highest BCUT2D eigenvalue weighted by Gasteiger charge is 2.61. The SMILES string of the molecule is C=C(OC(CC)CCCC(F)(F)C(F)(F)F)/C(=C\C(=O)CC(COCC(F)(F)C(F)(F)F)COCC(F)(F)C(F)(F)F)CC(=O)OC(CCCC(F)(F)C(F)(F)F)COCC(F)(F)C(F)(F)F.CCC(F)(F)C(F)(F)F. The molecule has 0 bridgehead atoms. The van der Waals surface area contributed by atoms with Gasteiger partial charge < -0.3 is 23.7 Å². The lowest BCUT2D eigenvalue weighted by atomic mass is 10.0. The molecule has 0 rings (SSSR count). The third-order valence-corrected chi connectivity index (χ3v) is 9.41. The quantitative estimate of drug-likeness (QED) is 0.0225. The number of halogens is 30. The van der Waals surface area contributed by atoms with Gasteiger partial charge in [0.25, 0.3) is 0 Å². The first-order chi connectivity index (χ1) is 33.6. The van der Waals surface area contributed by atoms with E-state index in [0.717, 1.165) is 6.92 Å². The van der Waals surface area contributed by atoms with Crippen molar-refractivity contribution in [2.24, 2.45) is 5.92 Å². The molecule has 0 fully saturated rings. The number of hydrogen-bond donors (Lipinski definition) is 0. The lowest BCUT2D eigenvalue weighted by molar-refractivity contribution is -0.300. The second-order valence-corrected chi connectivity index (χ2v) is 16.0. The van der Waals surface area contributed by atoms with E-state index in [4.69, 9.17) is 9.47 Å². The summed E-state index contributed by atoms with van der Waals surface area (Å²) in [6, 6.07) is 0. The van der Waals surface area contributed by atoms with E-state index in [-0.39, 0.29) is 12.5 Å². The molecule has 2 atom stereocenters. The molecule has 0 aliphatic carbocycles. The topological polar surface area (TPSA) is 80.3 Å². The van der Waals surface area contributed by atoms with Crippen LogP contribution in [-0.4, -0.2) is 136 Å². The van der Waals surface area contributed by atoms with Gasteiger partial charge in [0.2, 0.25) is 0 Å². The number of ether oxygens (including phenoxy) is 5. The zero-order valence-electron chi connectivity index (χ0n) is 38.5. The van der Waals surface area contributed by atoms with E-state index in [1.807, 2.05) is 0 Å². The van der Waals surface area contributed by atoms with E-state index in [0.29, 0.717) is 0 Å². The second-order valence-electron chi connectivity index (χ2n) is 16.0. The highest BCUT2D eigenvalue weighted by atomic mass is 19.5. The molecule has 0 saturated carbocycles. The molecule has 0 aromatic carbocycles. The maximum absolute atomic E-state index is 13.5. The van der Waals surface area contributed by atoms with Crippen LogP contribution in [0.4, 0.5) is 132 Å². The molecule has 0 radical (unpaired) electrons. The lowest BCUT2D eigenvalue weighted by Gasteiger charge is -2.25. The third-order valence-electron chi connectivity index (χ3n) is 9.41. The van der Waals surface area contributed by atoms with Crippen LogP contribution in [-0.2, 0) is 33.3 Å². The fraction of sp³-hybridized carbons (Fsp3) is 0.846. The number of carbonyl (C=O) groups is 2. The minimum atomic E-state index is -6.27. The van der Waals surface area contributed by atoms with Crippen molar-refractivity contribution < 1.29 is 165 Å². The Bertz CT molecular complexity index is 1730. The van der Waals surface area contributed by atoms with Gasteiger partial charge in [0.1, 0.15) is 31.7 Å². The number of hydrogen-bond acceptors (Lipinski definition) is 7. The van der Waals surface area contributed by atoms with Gasteiger partial charge in [-0.3, -0.25) is 9.59 Å². The van der Waals surface area contributed by atoms with Gasteiger partial charge in [0.05, 0.1) is 32.3 Å². The summed E-state index contributed by atoms with van der Waals surface area (Å²) in [6.45, 7) is -6.93. The predicted molar refractivity (Wildman–Crippen MR) is 196 cm³/mol. The van der Waals surface area contributed by atoms with Crippen molar-refractivity contribution in [1.29, 1.82) is 0 Å². The summed E-state index contributed by atoms with van der Waals surface area (Å²) in [7, 11) is 0. The number of rotatable bonds is 31. The Hall–Kier alpha value is -3.80. The summed E-state index contributed by atoms with van der Waals surface area (Å²) in [5.74, 6) is -38.4. The lowest BCUT2D eigenvalue weighted by Crippen LogP contribution is -2.42. The van der Waals surface area contributed by atoms with Crippen LogP contribution in [0.1, 0.15) is 78.1 Å². The molecule has 0 heterocycles. The van der Waals surface area contributed by atoms with Gasteiger partial charge in [-0.05, 0) is 38.2 Å². The molecule has 0 aliphatic rings. The summed E-state index contributed by atoms with van der Waals surface area (Å²) in [6.07, 6.45) is -52.4.